The highest BCUT2D eigenvalue weighted by Gasteiger charge is 2.33. The standard InChI is InChI=1S/C13H18F3N3O/c1-3-17-11-6-10(13(14,15)16)7-12(18-11)19-4-5-20-8-9(19)2/h6-7,9H,3-5,8H2,1-2H3,(H,17,18). The minimum Gasteiger partial charge on any atom is -0.377 e. The van der Waals surface area contributed by atoms with Crippen molar-refractivity contribution in [2.75, 3.05) is 36.5 Å². The lowest BCUT2D eigenvalue weighted by Crippen LogP contribution is -2.44. The molecule has 20 heavy (non-hydrogen) atoms. The van der Waals surface area contributed by atoms with E-state index in [0.717, 1.165) is 12.1 Å². The largest absolute Gasteiger partial charge is 0.416 e. The van der Waals surface area contributed by atoms with E-state index in [0.29, 0.717) is 32.1 Å². The molecule has 2 heterocycles. The van der Waals surface area contributed by atoms with Crippen LogP contribution in [0.4, 0.5) is 24.8 Å². The molecule has 7 heteroatoms. The van der Waals surface area contributed by atoms with Crippen LogP contribution in [0.1, 0.15) is 19.4 Å². The van der Waals surface area contributed by atoms with Crippen LogP contribution in [0.3, 0.4) is 0 Å². The minimum atomic E-state index is -4.38. The van der Waals surface area contributed by atoms with Gasteiger partial charge in [-0.3, -0.25) is 0 Å². The zero-order valence-corrected chi connectivity index (χ0v) is 11.5. The number of nitrogens with one attached hydrogen (secondary N) is 1. The molecular weight excluding hydrogens is 271 g/mol. The van der Waals surface area contributed by atoms with Gasteiger partial charge in [-0.05, 0) is 26.0 Å². The van der Waals surface area contributed by atoms with Gasteiger partial charge in [0.05, 0.1) is 24.8 Å². The molecule has 2 rings (SSSR count). The molecule has 1 aromatic heterocycles. The van der Waals surface area contributed by atoms with Gasteiger partial charge < -0.3 is 15.0 Å². The van der Waals surface area contributed by atoms with Gasteiger partial charge in [-0.1, -0.05) is 0 Å². The van der Waals surface area contributed by atoms with Crippen LogP contribution >= 0.6 is 0 Å². The first-order chi connectivity index (χ1) is 9.41. The lowest BCUT2D eigenvalue weighted by atomic mass is 10.2. The summed E-state index contributed by atoms with van der Waals surface area (Å²) in [7, 11) is 0. The number of nitrogens with zero attached hydrogens (tertiary/aromatic N) is 2. The van der Waals surface area contributed by atoms with Gasteiger partial charge in [-0.15, -0.1) is 0 Å². The number of alkyl halides is 3. The molecule has 1 fully saturated rings. The molecule has 1 saturated heterocycles. The topological polar surface area (TPSA) is 37.4 Å². The fourth-order valence-electron chi connectivity index (χ4n) is 2.17. The lowest BCUT2D eigenvalue weighted by Gasteiger charge is -2.34. The Bertz CT molecular complexity index is 465. The second kappa shape index (κ2) is 5.87. The first-order valence-electron chi connectivity index (χ1n) is 6.59. The van der Waals surface area contributed by atoms with E-state index in [1.807, 2.05) is 18.7 Å². The predicted octanol–water partition coefficient (Wildman–Crippen LogP) is 2.76. The second-order valence-electron chi connectivity index (χ2n) is 4.74. The van der Waals surface area contributed by atoms with E-state index in [1.54, 1.807) is 0 Å². The smallest absolute Gasteiger partial charge is 0.377 e. The van der Waals surface area contributed by atoms with Gasteiger partial charge in [-0.25, -0.2) is 4.98 Å². The van der Waals surface area contributed by atoms with Gasteiger partial charge in [0.25, 0.3) is 0 Å². The number of morpholine rings is 1. The molecule has 0 radical (unpaired) electrons. The van der Waals surface area contributed by atoms with Crippen LogP contribution in [0.15, 0.2) is 12.1 Å². The summed E-state index contributed by atoms with van der Waals surface area (Å²) in [4.78, 5) is 6.12. The highest BCUT2D eigenvalue weighted by atomic mass is 19.4. The zero-order chi connectivity index (χ0) is 14.8. The maximum atomic E-state index is 13.0. The van der Waals surface area contributed by atoms with Gasteiger partial charge in [0, 0.05) is 13.1 Å². The summed E-state index contributed by atoms with van der Waals surface area (Å²) >= 11 is 0. The number of pyridine rings is 1. The molecule has 4 nitrogen and oxygen atoms in total. The Morgan fingerprint density at radius 1 is 1.45 bits per heavy atom. The van der Waals surface area contributed by atoms with E-state index in [9.17, 15) is 13.2 Å². The molecular formula is C13H18F3N3O. The van der Waals surface area contributed by atoms with E-state index in [1.165, 1.54) is 0 Å². The average molecular weight is 289 g/mol. The van der Waals surface area contributed by atoms with Gasteiger partial charge in [0.15, 0.2) is 0 Å². The summed E-state index contributed by atoms with van der Waals surface area (Å²) in [6.45, 7) is 5.79. The summed E-state index contributed by atoms with van der Waals surface area (Å²) in [5.74, 6) is 0.586. The maximum absolute atomic E-state index is 13.0. The van der Waals surface area contributed by atoms with Crippen molar-refractivity contribution in [2.45, 2.75) is 26.1 Å². The highest BCUT2D eigenvalue weighted by molar-refractivity contribution is 5.52. The van der Waals surface area contributed by atoms with Crippen molar-refractivity contribution in [3.05, 3.63) is 17.7 Å². The quantitative estimate of drug-likeness (QED) is 0.928. The highest BCUT2D eigenvalue weighted by Crippen LogP contribution is 2.33. The first kappa shape index (κ1) is 14.9. The van der Waals surface area contributed by atoms with Crippen molar-refractivity contribution in [3.8, 4) is 0 Å². The number of ether oxygens (including phenoxy) is 1. The number of aromatic nitrogens is 1. The fourth-order valence-corrected chi connectivity index (χ4v) is 2.17. The van der Waals surface area contributed by atoms with Crippen LogP contribution in [-0.2, 0) is 10.9 Å². The molecule has 0 aliphatic carbocycles. The van der Waals surface area contributed by atoms with Crippen LogP contribution in [0.5, 0.6) is 0 Å². The van der Waals surface area contributed by atoms with Crippen LogP contribution in [0.25, 0.3) is 0 Å². The molecule has 0 amide bonds. The zero-order valence-electron chi connectivity index (χ0n) is 11.5. The van der Waals surface area contributed by atoms with Gasteiger partial charge in [0.1, 0.15) is 11.6 Å². The van der Waals surface area contributed by atoms with Gasteiger partial charge in [-0.2, -0.15) is 13.2 Å². The number of hydrogen-bond acceptors (Lipinski definition) is 4. The monoisotopic (exact) mass is 289 g/mol. The number of hydrogen-bond donors (Lipinski definition) is 1. The SMILES string of the molecule is CCNc1cc(C(F)(F)F)cc(N2CCOCC2C)n1. The summed E-state index contributed by atoms with van der Waals surface area (Å²) in [6, 6.07) is 2.15. The van der Waals surface area contributed by atoms with E-state index < -0.39 is 11.7 Å². The minimum absolute atomic E-state index is 0.00853. The number of halogens is 3. The summed E-state index contributed by atoms with van der Waals surface area (Å²) in [5, 5.41) is 2.85. The fraction of sp³-hybridized carbons (Fsp3) is 0.615. The van der Waals surface area contributed by atoms with Gasteiger partial charge in [0.2, 0.25) is 0 Å². The Kier molecular flexibility index (Phi) is 4.37. The molecule has 1 aliphatic rings. The third-order valence-corrected chi connectivity index (χ3v) is 3.16. The number of anilines is 2. The second-order valence-corrected chi connectivity index (χ2v) is 4.74. The normalized spacial score (nSPS) is 20.1. The summed E-state index contributed by atoms with van der Waals surface area (Å²) < 4.78 is 44.2. The Labute approximate surface area is 115 Å². The first-order valence-corrected chi connectivity index (χ1v) is 6.59. The van der Waals surface area contributed by atoms with Crippen molar-refractivity contribution >= 4 is 11.6 Å². The number of rotatable bonds is 3. The third kappa shape index (κ3) is 3.33. The van der Waals surface area contributed by atoms with Gasteiger partial charge >= 0.3 is 6.18 Å². The van der Waals surface area contributed by atoms with E-state index in [2.05, 4.69) is 10.3 Å². The molecule has 0 spiro atoms. The van der Waals surface area contributed by atoms with Crippen LogP contribution in [0, 0.1) is 0 Å². The Morgan fingerprint density at radius 2 is 2.20 bits per heavy atom. The Morgan fingerprint density at radius 3 is 2.80 bits per heavy atom. The average Bonchev–Trinajstić information content (AvgIpc) is 2.38. The molecule has 112 valence electrons. The van der Waals surface area contributed by atoms with Crippen molar-refractivity contribution in [1.29, 1.82) is 0 Å². The molecule has 1 unspecified atom stereocenters. The molecule has 1 N–H and O–H groups in total. The van der Waals surface area contributed by atoms with Crippen LogP contribution < -0.4 is 10.2 Å². The Hall–Kier alpha value is -1.50. The lowest BCUT2D eigenvalue weighted by molar-refractivity contribution is -0.137. The third-order valence-electron chi connectivity index (χ3n) is 3.16. The molecule has 1 aliphatic heterocycles. The molecule has 0 saturated carbocycles. The van der Waals surface area contributed by atoms with Crippen molar-refractivity contribution < 1.29 is 17.9 Å². The van der Waals surface area contributed by atoms with Crippen molar-refractivity contribution in [2.24, 2.45) is 0 Å². The summed E-state index contributed by atoms with van der Waals surface area (Å²) in [6.07, 6.45) is -4.38. The van der Waals surface area contributed by atoms with E-state index in [4.69, 9.17) is 4.74 Å². The van der Waals surface area contributed by atoms with Crippen molar-refractivity contribution in [3.63, 3.8) is 0 Å². The molecule has 0 bridgehead atoms. The summed E-state index contributed by atoms with van der Waals surface area (Å²) in [5.41, 5.74) is -0.683. The molecule has 1 aromatic rings. The van der Waals surface area contributed by atoms with Crippen LogP contribution in [-0.4, -0.2) is 37.3 Å². The Balaban J connectivity index is 2.38. The molecule has 0 aromatic carbocycles. The van der Waals surface area contributed by atoms with Crippen LogP contribution in [0.2, 0.25) is 0 Å². The van der Waals surface area contributed by atoms with E-state index >= 15 is 0 Å². The van der Waals surface area contributed by atoms with Crippen molar-refractivity contribution in [1.82, 2.24) is 4.98 Å². The predicted molar refractivity (Wildman–Crippen MR) is 71.0 cm³/mol. The maximum Gasteiger partial charge on any atom is 0.416 e. The molecule has 1 atom stereocenters. The van der Waals surface area contributed by atoms with E-state index in [-0.39, 0.29) is 11.9 Å².